The third kappa shape index (κ3) is 8.21. The molecule has 0 amide bonds. The number of esters is 1. The normalized spacial score (nSPS) is 11.8. The Morgan fingerprint density at radius 2 is 1.64 bits per heavy atom. The Hall–Kier alpha value is -4.62. The van der Waals surface area contributed by atoms with Crippen LogP contribution in [0.15, 0.2) is 90.5 Å². The summed E-state index contributed by atoms with van der Waals surface area (Å²) in [6.07, 6.45) is 1.99. The number of carbonyl (C=O) groups is 2. The van der Waals surface area contributed by atoms with Crippen LogP contribution in [0.3, 0.4) is 0 Å². The third-order valence-electron chi connectivity index (χ3n) is 6.59. The van der Waals surface area contributed by atoms with Gasteiger partial charge in [0.05, 0.1) is 11.1 Å². The number of fused-ring (bicyclic) bond motifs is 1. The number of nitrogens with zero attached hydrogens (tertiary/aromatic N) is 1. The Morgan fingerprint density at radius 1 is 0.929 bits per heavy atom. The van der Waals surface area contributed by atoms with E-state index < -0.39 is 11.6 Å². The highest BCUT2D eigenvalue weighted by Gasteiger charge is 2.21. The van der Waals surface area contributed by atoms with Crippen LogP contribution in [-0.4, -0.2) is 49.9 Å². The van der Waals surface area contributed by atoms with E-state index in [0.29, 0.717) is 25.3 Å². The number of rotatable bonds is 11. The van der Waals surface area contributed by atoms with Crippen molar-refractivity contribution < 1.29 is 24.2 Å². The number of anilines is 1. The molecule has 0 bridgehead atoms. The number of aromatic carboxylic acids is 1. The van der Waals surface area contributed by atoms with Gasteiger partial charge in [0.1, 0.15) is 18.0 Å². The van der Waals surface area contributed by atoms with Gasteiger partial charge in [-0.15, -0.1) is 0 Å². The lowest BCUT2D eigenvalue weighted by Crippen LogP contribution is -2.26. The van der Waals surface area contributed by atoms with Crippen LogP contribution in [0.4, 0.5) is 5.69 Å². The van der Waals surface area contributed by atoms with Crippen LogP contribution in [0.25, 0.3) is 16.8 Å². The van der Waals surface area contributed by atoms with Crippen molar-refractivity contribution >= 4 is 34.5 Å². The van der Waals surface area contributed by atoms with Gasteiger partial charge in [0.25, 0.3) is 0 Å². The minimum Gasteiger partial charge on any atom is -0.489 e. The highest BCUT2D eigenvalue weighted by molar-refractivity contribution is 5.92. The SMILES string of the molecule is CN(C)c1ccc(CNC/C(=C/c2ccc(C(=O)O)cc2)COc2cccc3ccccc23)c(C(=O)OC(C)(C)C)c1. The van der Waals surface area contributed by atoms with E-state index >= 15 is 0 Å². The maximum absolute atomic E-state index is 13.1. The van der Waals surface area contributed by atoms with Gasteiger partial charge in [-0.3, -0.25) is 0 Å². The Morgan fingerprint density at radius 3 is 2.33 bits per heavy atom. The van der Waals surface area contributed by atoms with Crippen molar-refractivity contribution in [3.8, 4) is 5.75 Å². The molecule has 0 heterocycles. The minimum absolute atomic E-state index is 0.231. The summed E-state index contributed by atoms with van der Waals surface area (Å²) < 4.78 is 12.0. The molecular weight excluding hydrogens is 528 g/mol. The van der Waals surface area contributed by atoms with E-state index in [0.717, 1.165) is 38.9 Å². The Bertz CT molecular complexity index is 1580. The monoisotopic (exact) mass is 566 g/mol. The molecule has 0 radical (unpaired) electrons. The standard InChI is InChI=1S/C35H38N2O5/c1-35(2,3)42-34(40)31-20-29(37(4)5)18-17-28(31)22-36-21-25(19-24-13-15-27(16-14-24)33(38)39)23-41-32-12-8-10-26-9-6-7-11-30(26)32/h6-20,36H,21-23H2,1-5H3,(H,38,39)/b25-19-. The molecule has 0 aliphatic carbocycles. The molecule has 0 aliphatic heterocycles. The number of carboxylic acid groups (broad SMARTS) is 1. The van der Waals surface area contributed by atoms with Crippen LogP contribution < -0.4 is 15.0 Å². The number of nitrogens with one attached hydrogen (secondary N) is 1. The molecular formula is C35H38N2O5. The second kappa shape index (κ2) is 13.4. The fraction of sp³-hybridized carbons (Fsp3) is 0.257. The van der Waals surface area contributed by atoms with Gasteiger partial charge in [-0.25, -0.2) is 9.59 Å². The van der Waals surface area contributed by atoms with Gasteiger partial charge in [-0.1, -0.05) is 60.7 Å². The van der Waals surface area contributed by atoms with E-state index in [4.69, 9.17) is 9.47 Å². The Balaban J connectivity index is 1.56. The van der Waals surface area contributed by atoms with Crippen LogP contribution in [0.5, 0.6) is 5.75 Å². The van der Waals surface area contributed by atoms with Crippen LogP contribution in [0.1, 0.15) is 52.6 Å². The third-order valence-corrected chi connectivity index (χ3v) is 6.59. The molecule has 0 aliphatic rings. The average Bonchev–Trinajstić information content (AvgIpc) is 2.95. The predicted octanol–water partition coefficient (Wildman–Crippen LogP) is 6.81. The molecule has 0 saturated heterocycles. The summed E-state index contributed by atoms with van der Waals surface area (Å²) in [7, 11) is 3.87. The molecule has 4 rings (SSSR count). The fourth-order valence-corrected chi connectivity index (χ4v) is 4.47. The molecule has 0 atom stereocenters. The highest BCUT2D eigenvalue weighted by Crippen LogP contribution is 2.26. The van der Waals surface area contributed by atoms with Crippen LogP contribution in [-0.2, 0) is 11.3 Å². The first kappa shape index (κ1) is 30.3. The smallest absolute Gasteiger partial charge is 0.339 e. The summed E-state index contributed by atoms with van der Waals surface area (Å²) in [6.45, 7) is 6.80. The molecule has 0 aromatic heterocycles. The van der Waals surface area contributed by atoms with Gasteiger partial charge in [-0.2, -0.15) is 0 Å². The summed E-state index contributed by atoms with van der Waals surface area (Å²) in [4.78, 5) is 26.4. The van der Waals surface area contributed by atoms with E-state index in [1.165, 1.54) is 0 Å². The molecule has 0 saturated carbocycles. The van der Waals surface area contributed by atoms with Crippen molar-refractivity contribution in [2.24, 2.45) is 0 Å². The second-order valence-corrected chi connectivity index (χ2v) is 11.3. The van der Waals surface area contributed by atoms with Crippen LogP contribution in [0, 0.1) is 0 Å². The minimum atomic E-state index is -0.965. The average molecular weight is 567 g/mol. The van der Waals surface area contributed by atoms with E-state index in [-0.39, 0.29) is 11.5 Å². The highest BCUT2D eigenvalue weighted by atomic mass is 16.6. The molecule has 4 aromatic rings. The molecule has 0 spiro atoms. The van der Waals surface area contributed by atoms with Gasteiger partial charge < -0.3 is 24.8 Å². The largest absolute Gasteiger partial charge is 0.489 e. The number of carboxylic acids is 1. The van der Waals surface area contributed by atoms with E-state index in [9.17, 15) is 14.7 Å². The molecule has 0 unspecified atom stereocenters. The Labute approximate surface area is 247 Å². The number of benzene rings is 4. The van der Waals surface area contributed by atoms with Gasteiger partial charge in [-0.05, 0) is 73.2 Å². The zero-order valence-electron chi connectivity index (χ0n) is 24.8. The molecule has 7 nitrogen and oxygen atoms in total. The van der Waals surface area contributed by atoms with Gasteiger partial charge in [0, 0.05) is 38.3 Å². The summed E-state index contributed by atoms with van der Waals surface area (Å²) in [5.41, 5.74) is 3.70. The van der Waals surface area contributed by atoms with Crippen molar-refractivity contribution in [3.63, 3.8) is 0 Å². The molecule has 7 heteroatoms. The summed E-state index contributed by atoms with van der Waals surface area (Å²) in [6, 6.07) is 26.6. The van der Waals surface area contributed by atoms with Crippen molar-refractivity contribution in [2.75, 3.05) is 32.1 Å². The number of ether oxygens (including phenoxy) is 2. The summed E-state index contributed by atoms with van der Waals surface area (Å²) in [5, 5.41) is 14.9. The number of carbonyl (C=O) groups excluding carboxylic acids is 1. The Kier molecular flexibility index (Phi) is 9.65. The van der Waals surface area contributed by atoms with E-state index in [1.54, 1.807) is 24.3 Å². The molecule has 2 N–H and O–H groups in total. The number of hydrogen-bond acceptors (Lipinski definition) is 6. The van der Waals surface area contributed by atoms with Crippen molar-refractivity contribution in [1.29, 1.82) is 0 Å². The maximum atomic E-state index is 13.1. The summed E-state index contributed by atoms with van der Waals surface area (Å²) in [5.74, 6) is -0.545. The van der Waals surface area contributed by atoms with Gasteiger partial charge in [0.2, 0.25) is 0 Å². The number of hydrogen-bond donors (Lipinski definition) is 2. The first-order chi connectivity index (χ1) is 20.0. The molecule has 0 fully saturated rings. The molecule has 42 heavy (non-hydrogen) atoms. The topological polar surface area (TPSA) is 88.1 Å². The van der Waals surface area contributed by atoms with Crippen molar-refractivity contribution in [2.45, 2.75) is 32.9 Å². The fourth-order valence-electron chi connectivity index (χ4n) is 4.47. The van der Waals surface area contributed by atoms with Crippen molar-refractivity contribution in [3.05, 3.63) is 113 Å². The lowest BCUT2D eigenvalue weighted by molar-refractivity contribution is 0.00680. The molecule has 218 valence electrons. The first-order valence-corrected chi connectivity index (χ1v) is 13.9. The zero-order chi connectivity index (χ0) is 30.3. The van der Waals surface area contributed by atoms with E-state index in [1.807, 2.05) is 107 Å². The lowest BCUT2D eigenvalue weighted by Gasteiger charge is -2.22. The lowest BCUT2D eigenvalue weighted by atomic mass is 10.0. The first-order valence-electron chi connectivity index (χ1n) is 13.9. The van der Waals surface area contributed by atoms with Crippen molar-refractivity contribution in [1.82, 2.24) is 5.32 Å². The molecule has 4 aromatic carbocycles. The summed E-state index contributed by atoms with van der Waals surface area (Å²) >= 11 is 0. The predicted molar refractivity (Wildman–Crippen MR) is 168 cm³/mol. The van der Waals surface area contributed by atoms with Crippen LogP contribution in [0.2, 0.25) is 0 Å². The van der Waals surface area contributed by atoms with Crippen LogP contribution >= 0.6 is 0 Å². The quantitative estimate of drug-likeness (QED) is 0.193. The maximum Gasteiger partial charge on any atom is 0.339 e. The second-order valence-electron chi connectivity index (χ2n) is 11.3. The zero-order valence-corrected chi connectivity index (χ0v) is 24.8. The van der Waals surface area contributed by atoms with E-state index in [2.05, 4.69) is 5.32 Å². The van der Waals surface area contributed by atoms with Gasteiger partial charge in [0.15, 0.2) is 0 Å². The van der Waals surface area contributed by atoms with Gasteiger partial charge >= 0.3 is 11.9 Å².